The minimum Gasteiger partial charge on any atom is -0.380 e. The second kappa shape index (κ2) is 5.91. The van der Waals surface area contributed by atoms with Gasteiger partial charge in [0.05, 0.1) is 17.2 Å². The Morgan fingerprint density at radius 2 is 2.20 bits per heavy atom. The maximum Gasteiger partial charge on any atom is 0.292 e. The topological polar surface area (TPSA) is 92.6 Å². The molecule has 0 saturated carbocycles. The standard InChI is InChI=1S/C12H13N3O4S/c1-2-13-9-4-3-8(5-10(9)15(18)19)6-14-11(16)7-20-12(14)17/h3-5,13H,2,6-7H2,1H3. The molecule has 1 fully saturated rings. The molecule has 0 unspecified atom stereocenters. The van der Waals surface area contributed by atoms with Gasteiger partial charge in [-0.1, -0.05) is 17.8 Å². The number of carbonyl (C=O) groups is 2. The van der Waals surface area contributed by atoms with E-state index in [-0.39, 0.29) is 29.1 Å². The highest BCUT2D eigenvalue weighted by Crippen LogP contribution is 2.27. The van der Waals surface area contributed by atoms with E-state index in [0.29, 0.717) is 17.8 Å². The van der Waals surface area contributed by atoms with Crippen molar-refractivity contribution in [2.24, 2.45) is 0 Å². The monoisotopic (exact) mass is 295 g/mol. The third kappa shape index (κ3) is 2.90. The minimum atomic E-state index is -0.482. The minimum absolute atomic E-state index is 0.0592. The molecular formula is C12H13N3O4S. The summed E-state index contributed by atoms with van der Waals surface area (Å²) in [6.45, 7) is 2.48. The van der Waals surface area contributed by atoms with Crippen LogP contribution in [0, 0.1) is 10.1 Å². The van der Waals surface area contributed by atoms with E-state index in [4.69, 9.17) is 0 Å². The summed E-state index contributed by atoms with van der Waals surface area (Å²) in [6, 6.07) is 4.66. The van der Waals surface area contributed by atoms with Gasteiger partial charge in [-0.15, -0.1) is 0 Å². The fourth-order valence-corrected chi connectivity index (χ4v) is 2.61. The Bertz CT molecular complexity index is 560. The molecule has 0 atom stereocenters. The van der Waals surface area contributed by atoms with Crippen LogP contribution in [-0.4, -0.2) is 33.3 Å². The molecule has 20 heavy (non-hydrogen) atoms. The molecular weight excluding hydrogens is 282 g/mol. The fourth-order valence-electron chi connectivity index (χ4n) is 1.88. The number of nitro groups is 1. The van der Waals surface area contributed by atoms with E-state index in [1.165, 1.54) is 6.07 Å². The van der Waals surface area contributed by atoms with Crippen molar-refractivity contribution in [2.45, 2.75) is 13.5 Å². The number of imide groups is 1. The largest absolute Gasteiger partial charge is 0.380 e. The Hall–Kier alpha value is -2.09. The maximum atomic E-state index is 11.5. The van der Waals surface area contributed by atoms with Gasteiger partial charge >= 0.3 is 0 Å². The molecule has 0 aliphatic carbocycles. The molecule has 106 valence electrons. The lowest BCUT2D eigenvalue weighted by Crippen LogP contribution is -2.27. The van der Waals surface area contributed by atoms with Crippen molar-refractivity contribution in [1.29, 1.82) is 0 Å². The van der Waals surface area contributed by atoms with Crippen LogP contribution in [0.25, 0.3) is 0 Å². The second-order valence-electron chi connectivity index (χ2n) is 4.17. The highest BCUT2D eigenvalue weighted by atomic mass is 32.2. The average Bonchev–Trinajstić information content (AvgIpc) is 2.72. The van der Waals surface area contributed by atoms with Crippen LogP contribution in [0.3, 0.4) is 0 Å². The summed E-state index contributed by atoms with van der Waals surface area (Å²) in [7, 11) is 0. The molecule has 8 heteroatoms. The number of hydrogen-bond acceptors (Lipinski definition) is 6. The highest BCUT2D eigenvalue weighted by molar-refractivity contribution is 8.14. The first-order valence-corrected chi connectivity index (χ1v) is 6.99. The number of thioether (sulfide) groups is 1. The van der Waals surface area contributed by atoms with E-state index in [1.807, 2.05) is 6.92 Å². The van der Waals surface area contributed by atoms with Crippen molar-refractivity contribution < 1.29 is 14.5 Å². The molecule has 2 amide bonds. The average molecular weight is 295 g/mol. The lowest BCUT2D eigenvalue weighted by Gasteiger charge is -2.13. The number of benzene rings is 1. The highest BCUT2D eigenvalue weighted by Gasteiger charge is 2.30. The number of rotatable bonds is 5. The molecule has 0 bridgehead atoms. The van der Waals surface area contributed by atoms with Gasteiger partial charge in [0.1, 0.15) is 5.69 Å². The van der Waals surface area contributed by atoms with E-state index in [2.05, 4.69) is 5.32 Å². The first-order chi connectivity index (χ1) is 9.52. The summed E-state index contributed by atoms with van der Waals surface area (Å²) in [4.78, 5) is 34.7. The Balaban J connectivity index is 2.25. The van der Waals surface area contributed by atoms with Gasteiger partial charge < -0.3 is 5.32 Å². The normalized spacial score (nSPS) is 14.8. The van der Waals surface area contributed by atoms with E-state index in [9.17, 15) is 19.7 Å². The summed E-state index contributed by atoms with van der Waals surface area (Å²) in [5.74, 6) is -0.130. The number of carbonyl (C=O) groups excluding carboxylic acids is 2. The van der Waals surface area contributed by atoms with Crippen molar-refractivity contribution in [1.82, 2.24) is 4.90 Å². The predicted octanol–water partition coefficient (Wildman–Crippen LogP) is 2.22. The smallest absolute Gasteiger partial charge is 0.292 e. The van der Waals surface area contributed by atoms with Gasteiger partial charge in [-0.3, -0.25) is 24.6 Å². The van der Waals surface area contributed by atoms with Crippen LogP contribution in [-0.2, 0) is 11.3 Å². The molecule has 1 aromatic carbocycles. The van der Waals surface area contributed by atoms with Crippen LogP contribution in [0.4, 0.5) is 16.2 Å². The molecule has 0 radical (unpaired) electrons. The van der Waals surface area contributed by atoms with Crippen LogP contribution in [0.1, 0.15) is 12.5 Å². The quantitative estimate of drug-likeness (QED) is 0.661. The zero-order chi connectivity index (χ0) is 14.7. The third-order valence-corrected chi connectivity index (χ3v) is 3.67. The summed E-state index contributed by atoms with van der Waals surface area (Å²) in [5, 5.41) is 13.6. The van der Waals surface area contributed by atoms with E-state index in [0.717, 1.165) is 16.7 Å². The molecule has 0 aromatic heterocycles. The van der Waals surface area contributed by atoms with Gasteiger partial charge in [-0.2, -0.15) is 0 Å². The molecule has 2 rings (SSSR count). The molecule has 0 spiro atoms. The zero-order valence-corrected chi connectivity index (χ0v) is 11.6. The lowest BCUT2D eigenvalue weighted by atomic mass is 10.1. The second-order valence-corrected chi connectivity index (χ2v) is 5.10. The van der Waals surface area contributed by atoms with Crippen molar-refractivity contribution in [3.8, 4) is 0 Å². The lowest BCUT2D eigenvalue weighted by molar-refractivity contribution is -0.384. The molecule has 7 nitrogen and oxygen atoms in total. The third-order valence-electron chi connectivity index (χ3n) is 2.81. The molecule has 1 aromatic rings. The van der Waals surface area contributed by atoms with Crippen LogP contribution in [0.5, 0.6) is 0 Å². The van der Waals surface area contributed by atoms with Crippen LogP contribution >= 0.6 is 11.8 Å². The summed E-state index contributed by atoms with van der Waals surface area (Å²) in [5.41, 5.74) is 0.924. The van der Waals surface area contributed by atoms with E-state index < -0.39 is 4.92 Å². The van der Waals surface area contributed by atoms with Gasteiger partial charge in [0.2, 0.25) is 5.91 Å². The zero-order valence-electron chi connectivity index (χ0n) is 10.8. The number of nitrogens with one attached hydrogen (secondary N) is 1. The first-order valence-electron chi connectivity index (χ1n) is 6.01. The van der Waals surface area contributed by atoms with Crippen LogP contribution in [0.15, 0.2) is 18.2 Å². The predicted molar refractivity (Wildman–Crippen MR) is 75.7 cm³/mol. The maximum absolute atomic E-state index is 11.5. The fraction of sp³-hybridized carbons (Fsp3) is 0.333. The Morgan fingerprint density at radius 1 is 1.45 bits per heavy atom. The van der Waals surface area contributed by atoms with E-state index in [1.54, 1.807) is 12.1 Å². The Morgan fingerprint density at radius 3 is 2.75 bits per heavy atom. The van der Waals surface area contributed by atoms with Crippen molar-refractivity contribution in [2.75, 3.05) is 17.6 Å². The molecule has 1 heterocycles. The first kappa shape index (κ1) is 14.3. The molecule has 1 saturated heterocycles. The number of nitro benzene ring substituents is 1. The van der Waals surface area contributed by atoms with E-state index >= 15 is 0 Å². The van der Waals surface area contributed by atoms with Crippen molar-refractivity contribution >= 4 is 34.3 Å². The molecule has 1 N–H and O–H groups in total. The SMILES string of the molecule is CCNc1ccc(CN2C(=O)CSC2=O)cc1[N+](=O)[O-]. The van der Waals surface area contributed by atoms with Gasteiger partial charge in [0.25, 0.3) is 10.9 Å². The Kier molecular flexibility index (Phi) is 4.23. The van der Waals surface area contributed by atoms with Gasteiger partial charge in [-0.05, 0) is 18.6 Å². The summed E-state index contributed by atoms with van der Waals surface area (Å²) < 4.78 is 0. The number of hydrogen-bond donors (Lipinski definition) is 1. The van der Waals surface area contributed by atoms with Crippen molar-refractivity contribution in [3.63, 3.8) is 0 Å². The van der Waals surface area contributed by atoms with Gasteiger partial charge in [-0.25, -0.2) is 0 Å². The number of amides is 2. The van der Waals surface area contributed by atoms with Gasteiger partial charge in [0.15, 0.2) is 0 Å². The van der Waals surface area contributed by atoms with Gasteiger partial charge in [0, 0.05) is 12.6 Å². The number of nitrogens with zero attached hydrogens (tertiary/aromatic N) is 2. The van der Waals surface area contributed by atoms with Crippen LogP contribution < -0.4 is 5.32 Å². The summed E-state index contributed by atoms with van der Waals surface area (Å²) >= 11 is 0.946. The molecule has 1 aliphatic heterocycles. The Labute approximate surface area is 119 Å². The molecule has 1 aliphatic rings. The number of anilines is 1. The van der Waals surface area contributed by atoms with Crippen LogP contribution in [0.2, 0.25) is 0 Å². The van der Waals surface area contributed by atoms with Crippen molar-refractivity contribution in [3.05, 3.63) is 33.9 Å². The summed E-state index contributed by atoms with van der Waals surface area (Å²) in [6.07, 6.45) is 0.